The Morgan fingerprint density at radius 2 is 2.09 bits per heavy atom. The topological polar surface area (TPSA) is 154 Å². The van der Waals surface area contributed by atoms with E-state index in [1.807, 2.05) is 18.7 Å². The molecule has 1 aliphatic heterocycles. The molecule has 1 aromatic carbocycles. The SMILES string of the molecule is COc1cc(N)c(C(=N)c2cnc(N3CCC(O)C3)c(C#N)c2)cc1OCc1c(C)cnnc1C. The van der Waals surface area contributed by atoms with Crippen LogP contribution >= 0.6 is 0 Å². The highest BCUT2D eigenvalue weighted by Crippen LogP contribution is 2.34. The van der Waals surface area contributed by atoms with E-state index in [1.54, 1.807) is 30.6 Å². The Balaban J connectivity index is 1.64. The number of aromatic nitrogens is 3. The molecular formula is C25H27N7O3. The number of anilines is 2. The molecule has 10 heteroatoms. The summed E-state index contributed by atoms with van der Waals surface area (Å²) in [5.41, 5.74) is 10.5. The number of nitrogen functional groups attached to an aromatic ring is 1. The average Bonchev–Trinajstić information content (AvgIpc) is 3.29. The number of hydrogen-bond donors (Lipinski definition) is 3. The first kappa shape index (κ1) is 23.9. The highest BCUT2D eigenvalue weighted by molar-refractivity contribution is 6.14. The third-order valence-electron chi connectivity index (χ3n) is 6.09. The van der Waals surface area contributed by atoms with Crippen LogP contribution in [0.25, 0.3) is 0 Å². The zero-order valence-electron chi connectivity index (χ0n) is 19.9. The molecule has 1 fully saturated rings. The number of nitriles is 1. The van der Waals surface area contributed by atoms with Crippen LogP contribution in [0.2, 0.25) is 0 Å². The third kappa shape index (κ3) is 4.85. The predicted molar refractivity (Wildman–Crippen MR) is 131 cm³/mol. The van der Waals surface area contributed by atoms with Crippen LogP contribution < -0.4 is 20.1 Å². The summed E-state index contributed by atoms with van der Waals surface area (Å²) in [6, 6.07) is 7.05. The molecule has 0 amide bonds. The van der Waals surface area contributed by atoms with E-state index in [2.05, 4.69) is 21.3 Å². The van der Waals surface area contributed by atoms with Crippen LogP contribution in [0.4, 0.5) is 11.5 Å². The molecule has 2 aromatic heterocycles. The molecule has 180 valence electrons. The number of aliphatic hydroxyl groups is 1. The summed E-state index contributed by atoms with van der Waals surface area (Å²) in [6.07, 6.45) is 3.42. The monoisotopic (exact) mass is 473 g/mol. The summed E-state index contributed by atoms with van der Waals surface area (Å²) >= 11 is 0. The summed E-state index contributed by atoms with van der Waals surface area (Å²) in [7, 11) is 1.52. The van der Waals surface area contributed by atoms with Crippen LogP contribution in [0.3, 0.4) is 0 Å². The van der Waals surface area contributed by atoms with Crippen LogP contribution in [0.1, 0.15) is 39.9 Å². The highest BCUT2D eigenvalue weighted by Gasteiger charge is 2.24. The Labute approximate surface area is 203 Å². The molecule has 0 bridgehead atoms. The van der Waals surface area contributed by atoms with Gasteiger partial charge in [-0.2, -0.15) is 15.5 Å². The van der Waals surface area contributed by atoms with Crippen LogP contribution in [-0.2, 0) is 6.61 Å². The summed E-state index contributed by atoms with van der Waals surface area (Å²) in [6.45, 7) is 5.10. The predicted octanol–water partition coefficient (Wildman–Crippen LogP) is 2.52. The quantitative estimate of drug-likeness (QED) is 0.347. The maximum Gasteiger partial charge on any atom is 0.162 e. The van der Waals surface area contributed by atoms with Gasteiger partial charge in [0.15, 0.2) is 11.5 Å². The van der Waals surface area contributed by atoms with Gasteiger partial charge in [-0.25, -0.2) is 4.98 Å². The second-order valence-electron chi connectivity index (χ2n) is 8.44. The average molecular weight is 474 g/mol. The number of methoxy groups -OCH3 is 1. The lowest BCUT2D eigenvalue weighted by atomic mass is 10.00. The zero-order valence-corrected chi connectivity index (χ0v) is 19.9. The largest absolute Gasteiger partial charge is 0.493 e. The van der Waals surface area contributed by atoms with Gasteiger partial charge in [-0.15, -0.1) is 0 Å². The molecule has 10 nitrogen and oxygen atoms in total. The number of pyridine rings is 1. The molecule has 1 saturated heterocycles. The lowest BCUT2D eigenvalue weighted by Crippen LogP contribution is -2.23. The number of benzene rings is 1. The highest BCUT2D eigenvalue weighted by atomic mass is 16.5. The minimum atomic E-state index is -0.436. The lowest BCUT2D eigenvalue weighted by Gasteiger charge is -2.19. The normalized spacial score (nSPS) is 15.1. The molecule has 1 unspecified atom stereocenters. The number of ether oxygens (including phenoxy) is 2. The first-order chi connectivity index (χ1) is 16.8. The fourth-order valence-corrected chi connectivity index (χ4v) is 4.08. The van der Waals surface area contributed by atoms with Gasteiger partial charge in [-0.05, 0) is 38.0 Å². The van der Waals surface area contributed by atoms with Crippen molar-refractivity contribution in [2.24, 2.45) is 0 Å². The molecule has 1 aliphatic rings. The van der Waals surface area contributed by atoms with E-state index in [0.717, 1.165) is 16.8 Å². The van der Waals surface area contributed by atoms with Crippen molar-refractivity contribution in [1.29, 1.82) is 10.7 Å². The van der Waals surface area contributed by atoms with Gasteiger partial charge in [-0.1, -0.05) is 0 Å². The van der Waals surface area contributed by atoms with Gasteiger partial charge in [0.1, 0.15) is 18.5 Å². The van der Waals surface area contributed by atoms with Crippen molar-refractivity contribution < 1.29 is 14.6 Å². The van der Waals surface area contributed by atoms with Crippen LogP contribution in [0.15, 0.2) is 30.6 Å². The minimum Gasteiger partial charge on any atom is -0.493 e. The minimum absolute atomic E-state index is 0.102. The van der Waals surface area contributed by atoms with Crippen LogP contribution in [-0.4, -0.2) is 52.3 Å². The molecule has 3 heterocycles. The van der Waals surface area contributed by atoms with E-state index >= 15 is 0 Å². The maximum atomic E-state index is 9.83. The second-order valence-corrected chi connectivity index (χ2v) is 8.44. The number of aliphatic hydroxyl groups excluding tert-OH is 1. The first-order valence-electron chi connectivity index (χ1n) is 11.1. The van der Waals surface area contributed by atoms with Gasteiger partial charge in [0.2, 0.25) is 0 Å². The van der Waals surface area contributed by atoms with Crippen molar-refractivity contribution >= 4 is 17.2 Å². The molecule has 0 saturated carbocycles. The number of nitrogens with one attached hydrogen (secondary N) is 1. The van der Waals surface area contributed by atoms with Crippen molar-refractivity contribution in [1.82, 2.24) is 15.2 Å². The van der Waals surface area contributed by atoms with Gasteiger partial charge in [0.25, 0.3) is 0 Å². The summed E-state index contributed by atoms with van der Waals surface area (Å²) in [4.78, 5) is 6.31. The van der Waals surface area contributed by atoms with Gasteiger partial charge in [0.05, 0.1) is 36.4 Å². The Morgan fingerprint density at radius 3 is 2.74 bits per heavy atom. The second kappa shape index (κ2) is 9.95. The fraction of sp³-hybridized carbons (Fsp3) is 0.320. The number of rotatable bonds is 7. The van der Waals surface area contributed by atoms with Crippen molar-refractivity contribution in [3.05, 3.63) is 64.1 Å². The Kier molecular flexibility index (Phi) is 6.80. The van der Waals surface area contributed by atoms with E-state index < -0.39 is 6.10 Å². The molecule has 0 aliphatic carbocycles. The Morgan fingerprint density at radius 1 is 1.29 bits per heavy atom. The fourth-order valence-electron chi connectivity index (χ4n) is 4.08. The van der Waals surface area contributed by atoms with Crippen LogP contribution in [0, 0.1) is 30.6 Å². The summed E-state index contributed by atoms with van der Waals surface area (Å²) in [5, 5.41) is 36.3. The number of hydrogen-bond acceptors (Lipinski definition) is 10. The van der Waals surface area contributed by atoms with Gasteiger partial charge in [-0.3, -0.25) is 5.41 Å². The van der Waals surface area contributed by atoms with E-state index in [-0.39, 0.29) is 12.3 Å². The number of nitrogens with two attached hydrogens (primary N) is 1. The van der Waals surface area contributed by atoms with E-state index in [0.29, 0.717) is 59.2 Å². The molecule has 1 atom stereocenters. The molecule has 4 rings (SSSR count). The zero-order chi connectivity index (χ0) is 25.1. The number of β-amino-alcohol motifs (C(OH)–C–C–N with tert-alkyl or cyclic N) is 1. The van der Waals surface area contributed by atoms with Crippen molar-refractivity contribution in [3.63, 3.8) is 0 Å². The van der Waals surface area contributed by atoms with Gasteiger partial charge < -0.3 is 25.2 Å². The molecule has 0 spiro atoms. The molecular weight excluding hydrogens is 446 g/mol. The van der Waals surface area contributed by atoms with Crippen molar-refractivity contribution in [2.45, 2.75) is 33.0 Å². The van der Waals surface area contributed by atoms with E-state index in [4.69, 9.17) is 20.6 Å². The van der Waals surface area contributed by atoms with Crippen molar-refractivity contribution in [3.8, 4) is 17.6 Å². The number of aryl methyl sites for hydroxylation is 2. The van der Waals surface area contributed by atoms with Crippen LogP contribution in [0.5, 0.6) is 11.5 Å². The lowest BCUT2D eigenvalue weighted by molar-refractivity contribution is 0.198. The van der Waals surface area contributed by atoms with E-state index in [1.165, 1.54) is 7.11 Å². The molecule has 35 heavy (non-hydrogen) atoms. The standard InChI is InChI=1S/C25H27N7O3/c1-14-10-30-31-15(2)20(14)13-35-23-7-19(21(27)8-22(23)34-3)24(28)17-6-16(9-26)25(29-11-17)32-5-4-18(33)12-32/h6-8,10-11,18,28,33H,4-5,12-13,27H2,1-3H3. The Hall–Kier alpha value is -4.23. The summed E-state index contributed by atoms with van der Waals surface area (Å²) < 4.78 is 11.5. The number of nitrogens with zero attached hydrogens (tertiary/aromatic N) is 5. The van der Waals surface area contributed by atoms with Gasteiger partial charge >= 0.3 is 0 Å². The van der Waals surface area contributed by atoms with Gasteiger partial charge in [0, 0.05) is 47.7 Å². The molecule has 0 radical (unpaired) electrons. The summed E-state index contributed by atoms with van der Waals surface area (Å²) in [5.74, 6) is 1.37. The molecule has 3 aromatic rings. The maximum absolute atomic E-state index is 9.83. The first-order valence-corrected chi connectivity index (χ1v) is 11.1. The van der Waals surface area contributed by atoms with Crippen molar-refractivity contribution in [2.75, 3.05) is 30.8 Å². The third-order valence-corrected chi connectivity index (χ3v) is 6.09. The molecule has 4 N–H and O–H groups in total. The van der Waals surface area contributed by atoms with E-state index in [9.17, 15) is 10.4 Å². The Bertz CT molecular complexity index is 1300. The smallest absolute Gasteiger partial charge is 0.162 e.